The molecule has 1 saturated heterocycles. The van der Waals surface area contributed by atoms with Gasteiger partial charge in [0.1, 0.15) is 0 Å². The lowest BCUT2D eigenvalue weighted by atomic mass is 9.96. The standard InChI is InChI=1S/C24H23N5O2/c1-15-7-9-17(10-8-15)21-26-22-19(31-24(28-22)18-5-3-2-4-6-18)23(27-21)29-13-11-16(12-14-29)20(25)30/h2-10,16H,11-14H2,1H3,(H2,25,30). The minimum absolute atomic E-state index is 0.0975. The SMILES string of the molecule is Cc1ccc(-c2nc(N3CCC(C(N)=O)CC3)c3oc(-c4ccccc4)nc3n2)cc1. The van der Waals surface area contributed by atoms with Gasteiger partial charge in [0.25, 0.3) is 0 Å². The van der Waals surface area contributed by atoms with Crippen molar-refractivity contribution in [1.82, 2.24) is 15.0 Å². The van der Waals surface area contributed by atoms with E-state index in [1.165, 1.54) is 5.56 Å². The molecular formula is C24H23N5O2. The van der Waals surface area contributed by atoms with E-state index in [4.69, 9.17) is 20.1 Å². The number of aromatic nitrogens is 3. The van der Waals surface area contributed by atoms with Crippen molar-refractivity contribution in [3.8, 4) is 22.8 Å². The number of aryl methyl sites for hydroxylation is 1. The molecule has 1 aliphatic rings. The van der Waals surface area contributed by atoms with E-state index >= 15 is 0 Å². The van der Waals surface area contributed by atoms with E-state index in [1.807, 2.05) is 61.5 Å². The Hall–Kier alpha value is -3.74. The Morgan fingerprint density at radius 2 is 1.68 bits per heavy atom. The first-order valence-corrected chi connectivity index (χ1v) is 10.4. The van der Waals surface area contributed by atoms with Crippen LogP contribution in [0.25, 0.3) is 34.1 Å². The van der Waals surface area contributed by atoms with Crippen LogP contribution in [-0.2, 0) is 4.79 Å². The molecule has 0 spiro atoms. The summed E-state index contributed by atoms with van der Waals surface area (Å²) in [7, 11) is 0. The average molecular weight is 413 g/mol. The fraction of sp³-hybridized carbons (Fsp3) is 0.250. The molecule has 2 N–H and O–H groups in total. The van der Waals surface area contributed by atoms with Crippen molar-refractivity contribution in [1.29, 1.82) is 0 Å². The molecule has 5 rings (SSSR count). The van der Waals surface area contributed by atoms with Gasteiger partial charge in [-0.15, -0.1) is 0 Å². The van der Waals surface area contributed by atoms with Crippen LogP contribution in [0.2, 0.25) is 0 Å². The molecule has 31 heavy (non-hydrogen) atoms. The van der Waals surface area contributed by atoms with E-state index in [0.29, 0.717) is 54.7 Å². The zero-order valence-corrected chi connectivity index (χ0v) is 17.3. The zero-order chi connectivity index (χ0) is 21.4. The number of fused-ring (bicyclic) bond motifs is 1. The van der Waals surface area contributed by atoms with Crippen LogP contribution in [-0.4, -0.2) is 33.9 Å². The topological polar surface area (TPSA) is 98.1 Å². The highest BCUT2D eigenvalue weighted by Crippen LogP contribution is 2.33. The van der Waals surface area contributed by atoms with E-state index in [-0.39, 0.29) is 11.8 Å². The number of rotatable bonds is 4. The van der Waals surface area contributed by atoms with Gasteiger partial charge in [-0.3, -0.25) is 4.79 Å². The third kappa shape index (κ3) is 3.74. The molecule has 1 aliphatic heterocycles. The number of hydrogen-bond acceptors (Lipinski definition) is 6. The van der Waals surface area contributed by atoms with Crippen molar-refractivity contribution in [3.63, 3.8) is 0 Å². The minimum Gasteiger partial charge on any atom is -0.430 e. The second kappa shape index (κ2) is 7.83. The van der Waals surface area contributed by atoms with Crippen LogP contribution in [0.5, 0.6) is 0 Å². The molecule has 2 aromatic carbocycles. The van der Waals surface area contributed by atoms with Gasteiger partial charge in [-0.2, -0.15) is 4.98 Å². The molecule has 156 valence electrons. The highest BCUT2D eigenvalue weighted by molar-refractivity contribution is 5.86. The number of hydrogen-bond donors (Lipinski definition) is 1. The monoisotopic (exact) mass is 413 g/mol. The summed E-state index contributed by atoms with van der Waals surface area (Å²) in [6, 6.07) is 17.9. The number of oxazole rings is 1. The summed E-state index contributed by atoms with van der Waals surface area (Å²) in [5, 5.41) is 0. The quantitative estimate of drug-likeness (QED) is 0.544. The normalized spacial score (nSPS) is 14.8. The number of primary amides is 1. The van der Waals surface area contributed by atoms with E-state index in [0.717, 1.165) is 11.1 Å². The number of piperidine rings is 1. The van der Waals surface area contributed by atoms with Gasteiger partial charge in [-0.05, 0) is 31.9 Å². The minimum atomic E-state index is -0.237. The molecule has 4 aromatic rings. The average Bonchev–Trinajstić information content (AvgIpc) is 3.24. The summed E-state index contributed by atoms with van der Waals surface area (Å²) >= 11 is 0. The third-order valence-electron chi connectivity index (χ3n) is 5.76. The first-order chi connectivity index (χ1) is 15.1. The summed E-state index contributed by atoms with van der Waals surface area (Å²) in [4.78, 5) is 28.0. The second-order valence-electron chi connectivity index (χ2n) is 7.94. The van der Waals surface area contributed by atoms with Crippen molar-refractivity contribution in [2.24, 2.45) is 11.7 Å². The highest BCUT2D eigenvalue weighted by Gasteiger charge is 2.27. The highest BCUT2D eigenvalue weighted by atomic mass is 16.4. The summed E-state index contributed by atoms with van der Waals surface area (Å²) in [5.74, 6) is 1.49. The van der Waals surface area contributed by atoms with E-state index in [9.17, 15) is 4.79 Å². The van der Waals surface area contributed by atoms with Gasteiger partial charge in [0.2, 0.25) is 23.0 Å². The molecule has 1 amide bonds. The molecule has 0 bridgehead atoms. The fourth-order valence-electron chi connectivity index (χ4n) is 3.94. The van der Waals surface area contributed by atoms with Gasteiger partial charge in [0.05, 0.1) is 0 Å². The van der Waals surface area contributed by atoms with Gasteiger partial charge in [0, 0.05) is 30.1 Å². The molecule has 0 radical (unpaired) electrons. The van der Waals surface area contributed by atoms with Gasteiger partial charge in [0.15, 0.2) is 11.6 Å². The van der Waals surface area contributed by atoms with Crippen molar-refractivity contribution < 1.29 is 9.21 Å². The molecule has 7 heteroatoms. The van der Waals surface area contributed by atoms with Crippen LogP contribution >= 0.6 is 0 Å². The van der Waals surface area contributed by atoms with Gasteiger partial charge in [-0.1, -0.05) is 48.0 Å². The predicted molar refractivity (Wildman–Crippen MR) is 119 cm³/mol. The third-order valence-corrected chi connectivity index (χ3v) is 5.76. The van der Waals surface area contributed by atoms with E-state index < -0.39 is 0 Å². The maximum Gasteiger partial charge on any atom is 0.229 e. The number of nitrogens with two attached hydrogens (primary N) is 1. The Labute approximate surface area is 179 Å². The Bertz CT molecular complexity index is 1230. The molecule has 3 heterocycles. The summed E-state index contributed by atoms with van der Waals surface area (Å²) in [5.41, 5.74) is 9.58. The summed E-state index contributed by atoms with van der Waals surface area (Å²) in [6.45, 7) is 3.40. The molecule has 0 saturated carbocycles. The lowest BCUT2D eigenvalue weighted by Crippen LogP contribution is -2.39. The Kier molecular flexibility index (Phi) is 4.86. The van der Waals surface area contributed by atoms with Crippen molar-refractivity contribution in [2.45, 2.75) is 19.8 Å². The van der Waals surface area contributed by atoms with Crippen molar-refractivity contribution in [3.05, 3.63) is 60.2 Å². The van der Waals surface area contributed by atoms with Crippen molar-refractivity contribution in [2.75, 3.05) is 18.0 Å². The number of carbonyl (C=O) groups is 1. The largest absolute Gasteiger partial charge is 0.430 e. The lowest BCUT2D eigenvalue weighted by molar-refractivity contribution is -0.122. The second-order valence-corrected chi connectivity index (χ2v) is 7.94. The predicted octanol–water partition coefficient (Wildman–Crippen LogP) is 3.96. The van der Waals surface area contributed by atoms with Crippen LogP contribution < -0.4 is 10.6 Å². The van der Waals surface area contributed by atoms with Gasteiger partial charge < -0.3 is 15.1 Å². The maximum absolute atomic E-state index is 11.6. The maximum atomic E-state index is 11.6. The number of amides is 1. The number of nitrogens with zero attached hydrogens (tertiary/aromatic N) is 4. The number of carbonyl (C=O) groups excluding carboxylic acids is 1. The molecule has 0 unspecified atom stereocenters. The van der Waals surface area contributed by atoms with Crippen LogP contribution in [0.4, 0.5) is 5.82 Å². The Morgan fingerprint density at radius 3 is 2.35 bits per heavy atom. The summed E-state index contributed by atoms with van der Waals surface area (Å²) in [6.07, 6.45) is 1.39. The van der Waals surface area contributed by atoms with E-state index in [1.54, 1.807) is 0 Å². The van der Waals surface area contributed by atoms with Crippen LogP contribution in [0.15, 0.2) is 59.0 Å². The summed E-state index contributed by atoms with van der Waals surface area (Å²) < 4.78 is 6.15. The number of anilines is 1. The molecule has 0 aliphatic carbocycles. The Morgan fingerprint density at radius 1 is 0.968 bits per heavy atom. The first kappa shape index (κ1) is 19.2. The van der Waals surface area contributed by atoms with Gasteiger partial charge >= 0.3 is 0 Å². The zero-order valence-electron chi connectivity index (χ0n) is 17.3. The van der Waals surface area contributed by atoms with Gasteiger partial charge in [-0.25, -0.2) is 9.97 Å². The molecule has 7 nitrogen and oxygen atoms in total. The Balaban J connectivity index is 1.61. The van der Waals surface area contributed by atoms with Crippen LogP contribution in [0.1, 0.15) is 18.4 Å². The van der Waals surface area contributed by atoms with Crippen LogP contribution in [0.3, 0.4) is 0 Å². The molecule has 1 fully saturated rings. The lowest BCUT2D eigenvalue weighted by Gasteiger charge is -2.31. The van der Waals surface area contributed by atoms with Crippen LogP contribution in [0, 0.1) is 12.8 Å². The fourth-order valence-corrected chi connectivity index (χ4v) is 3.94. The molecular weight excluding hydrogens is 390 g/mol. The molecule has 0 atom stereocenters. The first-order valence-electron chi connectivity index (χ1n) is 10.4. The van der Waals surface area contributed by atoms with E-state index in [2.05, 4.69) is 9.88 Å². The number of benzene rings is 2. The molecule has 2 aromatic heterocycles. The van der Waals surface area contributed by atoms with Crippen molar-refractivity contribution >= 4 is 23.0 Å². The smallest absolute Gasteiger partial charge is 0.229 e.